The molecule has 1 amide bonds. The van der Waals surface area contributed by atoms with Crippen molar-refractivity contribution in [2.75, 3.05) is 20.4 Å². The Balaban J connectivity index is 0.00000361. The molecule has 196 valence electrons. The second kappa shape index (κ2) is 9.54. The molecular formula is C24H29IN2O8S. The van der Waals surface area contributed by atoms with Gasteiger partial charge in [0.25, 0.3) is 5.91 Å². The molecule has 10 nitrogen and oxygen atoms in total. The van der Waals surface area contributed by atoms with E-state index in [1.54, 1.807) is 20.2 Å². The molecule has 0 heterocycles. The number of Topliss-reactive ketones (excluding diaryl/α,β-unsaturated/α-hetero) is 2. The number of amides is 1. The van der Waals surface area contributed by atoms with Crippen LogP contribution in [-0.2, 0) is 37.4 Å². The summed E-state index contributed by atoms with van der Waals surface area (Å²) in [4.78, 5) is 40.3. The number of nitrogens with zero attached hydrogens (tertiary/aromatic N) is 1. The molecule has 2 unspecified atom stereocenters. The van der Waals surface area contributed by atoms with Crippen LogP contribution in [0.25, 0.3) is 5.76 Å². The summed E-state index contributed by atoms with van der Waals surface area (Å²) in [5, 5.41) is 44.5. The van der Waals surface area contributed by atoms with Gasteiger partial charge in [-0.15, -0.1) is 0 Å². The first-order chi connectivity index (χ1) is 16.2. The van der Waals surface area contributed by atoms with E-state index in [2.05, 4.69) is 0 Å². The van der Waals surface area contributed by atoms with E-state index in [9.17, 15) is 39.0 Å². The molecule has 1 aromatic carbocycles. The molecule has 0 radical (unpaired) electrons. The average Bonchev–Trinajstić information content (AvgIpc) is 2.73. The van der Waals surface area contributed by atoms with Crippen molar-refractivity contribution in [1.82, 2.24) is 4.90 Å². The van der Waals surface area contributed by atoms with Crippen LogP contribution in [-0.4, -0.2) is 79.0 Å². The number of carbonyl (C=O) groups excluding carboxylic acids is 3. The highest BCUT2D eigenvalue weighted by atomic mass is 127. The largest absolute Gasteiger partial charge is 0.508 e. The number of halogens is 1. The zero-order valence-corrected chi connectivity index (χ0v) is 22.1. The maximum Gasteiger partial charge on any atom is 0.255 e. The molecule has 1 fully saturated rings. The summed E-state index contributed by atoms with van der Waals surface area (Å²) in [5.41, 5.74) is 2.50. The van der Waals surface area contributed by atoms with Crippen molar-refractivity contribution in [3.63, 3.8) is 0 Å². The van der Waals surface area contributed by atoms with E-state index in [1.165, 1.54) is 11.2 Å². The van der Waals surface area contributed by atoms with Crippen molar-refractivity contribution in [3.05, 3.63) is 43.2 Å². The number of aliphatic hydroxyl groups excluding tert-OH is 2. The third kappa shape index (κ3) is 3.89. The van der Waals surface area contributed by atoms with Crippen LogP contribution in [0, 0.1) is 15.4 Å². The van der Waals surface area contributed by atoms with E-state index < -0.39 is 68.8 Å². The SMILES string of the molecule is C.CN(C)C1C(=O)C(C(N)=O)=C(O)[C@@]2(O)C(=O)C3=C(O)c4c(O)c(CS(C)=O)cc(I)c4C[C@H]3C[C@@H]12. The fourth-order valence-corrected chi connectivity index (χ4v) is 7.17. The second-order valence-electron chi connectivity index (χ2n) is 9.40. The number of likely N-dealkylation sites (N-methyl/N-ethyl adjacent to an activating group) is 1. The molecule has 1 saturated carbocycles. The van der Waals surface area contributed by atoms with Crippen molar-refractivity contribution in [2.24, 2.45) is 17.6 Å². The minimum atomic E-state index is -2.67. The fraction of sp³-hybridized carbons (Fsp3) is 0.458. The van der Waals surface area contributed by atoms with Gasteiger partial charge in [-0.25, -0.2) is 0 Å². The Morgan fingerprint density at radius 1 is 1.28 bits per heavy atom. The van der Waals surface area contributed by atoms with Crippen molar-refractivity contribution in [3.8, 4) is 5.75 Å². The van der Waals surface area contributed by atoms with Crippen LogP contribution in [0.15, 0.2) is 23.0 Å². The Hall–Kier alpha value is -2.29. The predicted octanol–water partition coefficient (Wildman–Crippen LogP) is 1.08. The van der Waals surface area contributed by atoms with E-state index in [0.717, 1.165) is 0 Å². The molecule has 0 spiro atoms. The molecule has 36 heavy (non-hydrogen) atoms. The topological polar surface area (TPSA) is 178 Å². The first kappa shape index (κ1) is 28.3. The number of nitrogens with two attached hydrogens (primary N) is 1. The smallest absolute Gasteiger partial charge is 0.255 e. The monoisotopic (exact) mass is 632 g/mol. The summed E-state index contributed by atoms with van der Waals surface area (Å²) in [6.45, 7) is 0. The van der Waals surface area contributed by atoms with Crippen LogP contribution < -0.4 is 5.73 Å². The Labute approximate surface area is 224 Å². The number of hydrogen-bond donors (Lipinski definition) is 5. The zero-order chi connectivity index (χ0) is 26.1. The van der Waals surface area contributed by atoms with Crippen molar-refractivity contribution in [2.45, 2.75) is 37.7 Å². The summed E-state index contributed by atoms with van der Waals surface area (Å²) in [5.74, 6) is -6.84. The number of ketones is 2. The van der Waals surface area contributed by atoms with E-state index in [-0.39, 0.29) is 42.9 Å². The second-order valence-corrected chi connectivity index (χ2v) is 12.0. The third-order valence-corrected chi connectivity index (χ3v) is 8.78. The lowest BCUT2D eigenvalue weighted by Gasteiger charge is -2.50. The van der Waals surface area contributed by atoms with Gasteiger partial charge < -0.3 is 26.2 Å². The van der Waals surface area contributed by atoms with Gasteiger partial charge in [0, 0.05) is 37.7 Å². The number of rotatable bonds is 4. The van der Waals surface area contributed by atoms with E-state index in [0.29, 0.717) is 14.7 Å². The number of hydrogen-bond acceptors (Lipinski definition) is 9. The normalized spacial score (nSPS) is 28.3. The number of phenols is 1. The maximum atomic E-state index is 13.8. The van der Waals surface area contributed by atoms with Gasteiger partial charge >= 0.3 is 0 Å². The van der Waals surface area contributed by atoms with Crippen LogP contribution in [0.3, 0.4) is 0 Å². The number of aromatic hydroxyl groups is 1. The molecule has 4 rings (SSSR count). The summed E-state index contributed by atoms with van der Waals surface area (Å²) < 4.78 is 12.5. The summed E-state index contributed by atoms with van der Waals surface area (Å²) in [6, 6.07) is 0.553. The van der Waals surface area contributed by atoms with Gasteiger partial charge in [0.15, 0.2) is 11.4 Å². The molecule has 0 aromatic heterocycles. The highest BCUT2D eigenvalue weighted by Gasteiger charge is 2.64. The quantitative estimate of drug-likeness (QED) is 0.240. The predicted molar refractivity (Wildman–Crippen MR) is 141 cm³/mol. The van der Waals surface area contributed by atoms with Crippen LogP contribution in [0.4, 0.5) is 0 Å². The Morgan fingerprint density at radius 3 is 2.42 bits per heavy atom. The number of phenolic OH excluding ortho intramolecular Hbond substituents is 1. The van der Waals surface area contributed by atoms with Gasteiger partial charge in [-0.05, 0) is 67.1 Å². The maximum absolute atomic E-state index is 13.8. The molecule has 1 aromatic rings. The molecule has 0 saturated heterocycles. The molecule has 5 atom stereocenters. The molecule has 6 N–H and O–H groups in total. The van der Waals surface area contributed by atoms with Gasteiger partial charge in [0.2, 0.25) is 5.78 Å². The molecule has 12 heteroatoms. The Morgan fingerprint density at radius 2 is 1.89 bits per heavy atom. The number of primary amides is 1. The zero-order valence-electron chi connectivity index (χ0n) is 19.2. The lowest BCUT2D eigenvalue weighted by molar-refractivity contribution is -0.153. The first-order valence-corrected chi connectivity index (χ1v) is 13.5. The van der Waals surface area contributed by atoms with E-state index in [1.807, 2.05) is 22.6 Å². The summed E-state index contributed by atoms with van der Waals surface area (Å²) in [6.07, 6.45) is 1.72. The Bertz CT molecular complexity index is 1290. The van der Waals surface area contributed by atoms with Gasteiger partial charge in [-0.2, -0.15) is 0 Å². The van der Waals surface area contributed by atoms with Crippen LogP contribution in [0.5, 0.6) is 5.75 Å². The standard InChI is InChI=1S/C23H25IN2O8S.CH4/c1-26(2)16-11-5-8-4-10-12(24)6-9(7-35(3)34)17(27)14(10)18(28)13(8)20(30)23(11,33)21(31)15(19(16)29)22(25)32;/h6,8,11,16,27-28,31,33H,4-5,7H2,1-3H3,(H2,25,32);1H4/t8-,11-,16?,23-,35?;/m0./s1. The van der Waals surface area contributed by atoms with Crippen LogP contribution >= 0.6 is 22.6 Å². The lowest BCUT2D eigenvalue weighted by atomic mass is 9.57. The molecule has 0 aliphatic heterocycles. The van der Waals surface area contributed by atoms with Crippen LogP contribution in [0.1, 0.15) is 30.5 Å². The minimum Gasteiger partial charge on any atom is -0.508 e. The number of carbonyl (C=O) groups is 3. The summed E-state index contributed by atoms with van der Waals surface area (Å²) in [7, 11) is 1.81. The molecule has 0 bridgehead atoms. The highest BCUT2D eigenvalue weighted by Crippen LogP contribution is 2.53. The average molecular weight is 632 g/mol. The Kier molecular flexibility index (Phi) is 7.50. The van der Waals surface area contributed by atoms with E-state index in [4.69, 9.17) is 5.73 Å². The minimum absolute atomic E-state index is 0. The van der Waals surface area contributed by atoms with Crippen LogP contribution in [0.2, 0.25) is 0 Å². The van der Waals surface area contributed by atoms with Gasteiger partial charge in [0.05, 0.1) is 17.4 Å². The lowest BCUT2D eigenvalue weighted by Crippen LogP contribution is -2.65. The van der Waals surface area contributed by atoms with Gasteiger partial charge in [0.1, 0.15) is 22.8 Å². The first-order valence-electron chi connectivity index (χ1n) is 10.7. The van der Waals surface area contributed by atoms with Crippen molar-refractivity contribution in [1.29, 1.82) is 0 Å². The van der Waals surface area contributed by atoms with Gasteiger partial charge in [-0.3, -0.25) is 23.5 Å². The third-order valence-electron chi connectivity index (χ3n) is 7.10. The fourth-order valence-electron chi connectivity index (χ4n) is 5.65. The van der Waals surface area contributed by atoms with Crippen molar-refractivity contribution < 1.29 is 39.0 Å². The highest BCUT2D eigenvalue weighted by molar-refractivity contribution is 14.1. The van der Waals surface area contributed by atoms with Crippen molar-refractivity contribution >= 4 is 56.6 Å². The summed E-state index contributed by atoms with van der Waals surface area (Å²) >= 11 is 2.04. The molecule has 3 aliphatic carbocycles. The molecule has 3 aliphatic rings. The van der Waals surface area contributed by atoms with Gasteiger partial charge in [-0.1, -0.05) is 7.43 Å². The number of benzene rings is 1. The number of aliphatic hydroxyl groups is 3. The molecular weight excluding hydrogens is 603 g/mol. The number of fused-ring (bicyclic) bond motifs is 3. The van der Waals surface area contributed by atoms with E-state index >= 15 is 0 Å².